The number of morpholine rings is 1. The highest BCUT2D eigenvalue weighted by Gasteiger charge is 2.37. The number of hydrogen-bond acceptors (Lipinski definition) is 6. The predicted octanol–water partition coefficient (Wildman–Crippen LogP) is 2.44. The molecule has 0 spiro atoms. The van der Waals surface area contributed by atoms with E-state index in [9.17, 15) is 8.42 Å². The number of fused-ring (bicyclic) bond motifs is 1. The van der Waals surface area contributed by atoms with E-state index in [1.807, 2.05) is 6.07 Å². The lowest BCUT2D eigenvalue weighted by molar-refractivity contribution is 0.0984. The van der Waals surface area contributed by atoms with E-state index < -0.39 is 14.6 Å². The molecule has 1 atom stereocenters. The minimum Gasteiger partial charge on any atom is -0.377 e. The lowest BCUT2D eigenvalue weighted by Crippen LogP contribution is -2.44. The van der Waals surface area contributed by atoms with Crippen LogP contribution in [0.1, 0.15) is 26.3 Å². The molecular formula is C15H20I2N4O3S. The third-order valence-corrected chi connectivity index (χ3v) is 8.27. The zero-order valence-electron chi connectivity index (χ0n) is 14.5. The molecule has 138 valence electrons. The van der Waals surface area contributed by atoms with Gasteiger partial charge in [-0.25, -0.2) is 17.9 Å². The van der Waals surface area contributed by atoms with Gasteiger partial charge in [0.15, 0.2) is 13.7 Å². The second-order valence-corrected chi connectivity index (χ2v) is 11.3. The fraction of sp³-hybridized carbons (Fsp3) is 0.600. The maximum atomic E-state index is 12.5. The predicted molar refractivity (Wildman–Crippen MR) is 114 cm³/mol. The molecule has 7 nitrogen and oxygen atoms in total. The minimum atomic E-state index is -3.33. The van der Waals surface area contributed by atoms with Gasteiger partial charge in [-0.2, -0.15) is 0 Å². The van der Waals surface area contributed by atoms with Crippen LogP contribution in [0.15, 0.2) is 6.07 Å². The first-order valence-electron chi connectivity index (χ1n) is 7.83. The average Bonchev–Trinajstić information content (AvgIpc) is 2.80. The molecule has 0 N–H and O–H groups in total. The Labute approximate surface area is 174 Å². The van der Waals surface area contributed by atoms with E-state index in [4.69, 9.17) is 9.84 Å². The molecule has 1 unspecified atom stereocenters. The molecule has 0 radical (unpaired) electrons. The molecule has 2 aromatic heterocycles. The molecule has 0 amide bonds. The van der Waals surface area contributed by atoms with Crippen molar-refractivity contribution < 1.29 is 13.2 Å². The van der Waals surface area contributed by atoms with Crippen molar-refractivity contribution in [3.63, 3.8) is 0 Å². The summed E-state index contributed by atoms with van der Waals surface area (Å²) in [6.45, 7) is 7.53. The second kappa shape index (κ2) is 6.75. The van der Waals surface area contributed by atoms with Gasteiger partial charge in [-0.1, -0.05) is 0 Å². The summed E-state index contributed by atoms with van der Waals surface area (Å²) in [5, 5.41) is 4.74. The van der Waals surface area contributed by atoms with Gasteiger partial charge in [-0.05, 0) is 49.4 Å². The van der Waals surface area contributed by atoms with Crippen LogP contribution in [0.2, 0.25) is 0 Å². The van der Waals surface area contributed by atoms with Crippen LogP contribution < -0.4 is 4.90 Å². The van der Waals surface area contributed by atoms with Gasteiger partial charge in [-0.3, -0.25) is 0 Å². The van der Waals surface area contributed by atoms with E-state index in [1.165, 1.54) is 6.26 Å². The Bertz CT molecular complexity index is 926. The van der Waals surface area contributed by atoms with Gasteiger partial charge in [0.05, 0.1) is 24.0 Å². The first-order chi connectivity index (χ1) is 11.5. The highest BCUT2D eigenvalue weighted by Crippen LogP contribution is 2.36. The molecule has 10 heteroatoms. The van der Waals surface area contributed by atoms with E-state index in [0.29, 0.717) is 17.0 Å². The number of ether oxygens (including phenoxy) is 1. The molecule has 1 aliphatic rings. The minimum absolute atomic E-state index is 0.174. The van der Waals surface area contributed by atoms with Gasteiger partial charge < -0.3 is 9.64 Å². The molecule has 0 bridgehead atoms. The molecule has 0 saturated carbocycles. The van der Waals surface area contributed by atoms with Crippen molar-refractivity contribution in [2.75, 3.05) is 30.9 Å². The summed E-state index contributed by atoms with van der Waals surface area (Å²) < 4.78 is 32.6. The Morgan fingerprint density at radius 3 is 2.64 bits per heavy atom. The summed E-state index contributed by atoms with van der Waals surface area (Å²) in [4.78, 5) is 6.65. The van der Waals surface area contributed by atoms with Crippen molar-refractivity contribution in [2.24, 2.45) is 0 Å². The molecule has 25 heavy (non-hydrogen) atoms. The van der Waals surface area contributed by atoms with Crippen LogP contribution in [0.3, 0.4) is 0 Å². The molecule has 1 aliphatic heterocycles. The summed E-state index contributed by atoms with van der Waals surface area (Å²) in [7, 11) is -3.33. The van der Waals surface area contributed by atoms with Crippen LogP contribution in [-0.2, 0) is 19.3 Å². The summed E-state index contributed by atoms with van der Waals surface area (Å²) in [6.07, 6.45) is 1.27. The molecule has 0 aliphatic carbocycles. The molecule has 0 aromatic carbocycles. The van der Waals surface area contributed by atoms with Crippen LogP contribution in [0.5, 0.6) is 0 Å². The van der Waals surface area contributed by atoms with E-state index in [-0.39, 0.29) is 6.04 Å². The molecule has 3 rings (SSSR count). The van der Waals surface area contributed by atoms with Gasteiger partial charge in [0.25, 0.3) is 0 Å². The number of sulfone groups is 1. The van der Waals surface area contributed by atoms with Crippen LogP contribution >= 0.6 is 45.2 Å². The fourth-order valence-electron chi connectivity index (χ4n) is 2.87. The zero-order valence-corrected chi connectivity index (χ0v) is 19.6. The number of hydrogen-bond donors (Lipinski definition) is 0. The van der Waals surface area contributed by atoms with E-state index in [0.717, 1.165) is 27.1 Å². The Morgan fingerprint density at radius 1 is 1.36 bits per heavy atom. The highest BCUT2D eigenvalue weighted by molar-refractivity contribution is 14.1. The number of anilines is 1. The average molecular weight is 590 g/mol. The number of aromatic nitrogens is 3. The SMILES string of the molecule is CC1COCCN1c1cc(C(C)(C)S(C)(=O)=O)c2c(I)nc(I)n2n1. The molecule has 1 saturated heterocycles. The number of halogens is 2. The smallest absolute Gasteiger partial charge is 0.193 e. The van der Waals surface area contributed by atoms with Crippen LogP contribution in [0.4, 0.5) is 5.82 Å². The zero-order chi connectivity index (χ0) is 18.6. The summed E-state index contributed by atoms with van der Waals surface area (Å²) >= 11 is 4.27. The lowest BCUT2D eigenvalue weighted by Gasteiger charge is -2.35. The maximum absolute atomic E-state index is 12.5. The van der Waals surface area contributed by atoms with Gasteiger partial charge in [-0.15, -0.1) is 5.10 Å². The van der Waals surface area contributed by atoms with Crippen molar-refractivity contribution in [1.29, 1.82) is 0 Å². The van der Waals surface area contributed by atoms with Crippen molar-refractivity contribution in [2.45, 2.75) is 31.6 Å². The van der Waals surface area contributed by atoms with Crippen molar-refractivity contribution >= 4 is 66.4 Å². The van der Waals surface area contributed by atoms with Crippen LogP contribution in [0.25, 0.3) is 5.52 Å². The second-order valence-electron chi connectivity index (χ2n) is 6.75. The number of imidazole rings is 1. The first kappa shape index (κ1) is 19.5. The molecule has 1 fully saturated rings. The number of rotatable bonds is 3. The largest absolute Gasteiger partial charge is 0.377 e. The molecule has 3 heterocycles. The monoisotopic (exact) mass is 590 g/mol. The number of nitrogens with zero attached hydrogens (tertiary/aromatic N) is 4. The molecular weight excluding hydrogens is 570 g/mol. The Balaban J connectivity index is 2.31. The quantitative estimate of drug-likeness (QED) is 0.512. The Morgan fingerprint density at radius 2 is 2.04 bits per heavy atom. The summed E-state index contributed by atoms with van der Waals surface area (Å²) in [5.74, 6) is 0.752. The van der Waals surface area contributed by atoms with Crippen molar-refractivity contribution in [3.05, 3.63) is 19.2 Å². The Kier molecular flexibility index (Phi) is 5.28. The van der Waals surface area contributed by atoms with Crippen LogP contribution in [0, 0.1) is 7.53 Å². The summed E-state index contributed by atoms with van der Waals surface area (Å²) in [5.41, 5.74) is 1.48. The maximum Gasteiger partial charge on any atom is 0.193 e. The van der Waals surface area contributed by atoms with Gasteiger partial charge in [0.1, 0.15) is 15.0 Å². The van der Waals surface area contributed by atoms with E-state index >= 15 is 0 Å². The van der Waals surface area contributed by atoms with E-state index in [2.05, 4.69) is 62.0 Å². The van der Waals surface area contributed by atoms with Gasteiger partial charge in [0, 0.05) is 41.0 Å². The van der Waals surface area contributed by atoms with E-state index in [1.54, 1.807) is 18.4 Å². The highest BCUT2D eigenvalue weighted by atomic mass is 127. The fourth-order valence-corrected chi connectivity index (χ4v) is 5.23. The molecule has 2 aromatic rings. The van der Waals surface area contributed by atoms with Gasteiger partial charge >= 0.3 is 0 Å². The first-order valence-corrected chi connectivity index (χ1v) is 11.9. The van der Waals surface area contributed by atoms with Crippen LogP contribution in [-0.4, -0.2) is 55.1 Å². The van der Waals surface area contributed by atoms with Crippen molar-refractivity contribution in [1.82, 2.24) is 14.6 Å². The third-order valence-electron chi connectivity index (χ3n) is 4.74. The standard InChI is InChI=1S/C15H20I2N4O3S/c1-9-8-24-6-5-20(9)11-7-10(15(2,3)25(4,22)23)12-13(16)18-14(17)21(12)19-11/h7,9H,5-6,8H2,1-4H3. The normalized spacial score (nSPS) is 19.6. The Hall–Kier alpha value is -0.210. The van der Waals surface area contributed by atoms with Gasteiger partial charge in [0.2, 0.25) is 0 Å². The lowest BCUT2D eigenvalue weighted by atomic mass is 10.0. The topological polar surface area (TPSA) is 76.8 Å². The summed E-state index contributed by atoms with van der Waals surface area (Å²) in [6, 6.07) is 2.08. The third kappa shape index (κ3) is 3.38. The van der Waals surface area contributed by atoms with Crippen molar-refractivity contribution in [3.8, 4) is 0 Å².